The van der Waals surface area contributed by atoms with Gasteiger partial charge in [0.05, 0.1) is 11.0 Å². The maximum absolute atomic E-state index is 9.33. The van der Waals surface area contributed by atoms with Crippen LogP contribution in [0.1, 0.15) is 5.69 Å². The number of nitrogens with zero attached hydrogens (tertiary/aromatic N) is 3. The third-order valence-electron chi connectivity index (χ3n) is 7.07. The van der Waals surface area contributed by atoms with Crippen molar-refractivity contribution >= 4 is 32.6 Å². The first kappa shape index (κ1) is 21.1. The minimum Gasteiger partial charge on any atom is -0.309 e. The fourth-order valence-corrected chi connectivity index (χ4v) is 5.46. The van der Waals surface area contributed by atoms with Gasteiger partial charge in [0.2, 0.25) is 0 Å². The maximum Gasteiger partial charge on any atom is 0.141 e. The Morgan fingerprint density at radius 3 is 2.11 bits per heavy atom. The number of rotatable bonds is 3. The predicted molar refractivity (Wildman–Crippen MR) is 152 cm³/mol. The van der Waals surface area contributed by atoms with Crippen LogP contribution in [0.5, 0.6) is 0 Å². The minimum absolute atomic E-state index is 0.419. The Balaban J connectivity index is 1.56. The molecule has 0 saturated carbocycles. The molecule has 0 aliphatic carbocycles. The topological polar surface area (TPSA) is 41.6 Å². The summed E-state index contributed by atoms with van der Waals surface area (Å²) in [7, 11) is 0. The molecule has 7 aromatic rings. The predicted octanol–water partition coefficient (Wildman–Crippen LogP) is 8.54. The van der Waals surface area contributed by atoms with Crippen LogP contribution in [0.4, 0.5) is 0 Å². The highest BCUT2D eigenvalue weighted by atomic mass is 15.0. The molecule has 0 saturated heterocycles. The number of benzene rings is 5. The molecule has 37 heavy (non-hydrogen) atoms. The molecule has 0 fully saturated rings. The lowest BCUT2D eigenvalue weighted by molar-refractivity contribution is 1.18. The van der Waals surface area contributed by atoms with E-state index in [-0.39, 0.29) is 0 Å². The highest BCUT2D eigenvalue weighted by Gasteiger charge is 2.17. The molecule has 5 aromatic carbocycles. The van der Waals surface area contributed by atoms with Crippen molar-refractivity contribution in [3.8, 4) is 34.0 Å². The van der Waals surface area contributed by atoms with E-state index in [4.69, 9.17) is 0 Å². The molecular formula is C34H21N3. The van der Waals surface area contributed by atoms with E-state index in [2.05, 4.69) is 125 Å². The molecule has 0 aliphatic rings. The van der Waals surface area contributed by atoms with Gasteiger partial charge >= 0.3 is 0 Å². The summed E-state index contributed by atoms with van der Waals surface area (Å²) in [4.78, 5) is 4.13. The molecule has 7 rings (SSSR count). The normalized spacial score (nSPS) is 11.2. The largest absolute Gasteiger partial charge is 0.309 e. The molecule has 0 radical (unpaired) electrons. The Bertz CT molecular complexity index is 1990. The second-order valence-corrected chi connectivity index (χ2v) is 9.17. The highest BCUT2D eigenvalue weighted by Crippen LogP contribution is 2.41. The summed E-state index contributed by atoms with van der Waals surface area (Å²) in [6.07, 6.45) is 1.69. The third-order valence-corrected chi connectivity index (χ3v) is 7.07. The molecule has 0 atom stereocenters. The average Bonchev–Trinajstić information content (AvgIpc) is 3.32. The van der Waals surface area contributed by atoms with Crippen LogP contribution in [-0.2, 0) is 0 Å². The molecule has 0 bridgehead atoms. The number of hydrogen-bond donors (Lipinski definition) is 0. The van der Waals surface area contributed by atoms with Crippen molar-refractivity contribution < 1.29 is 0 Å². The lowest BCUT2D eigenvalue weighted by atomic mass is 9.93. The maximum atomic E-state index is 9.33. The molecule has 0 spiro atoms. The van der Waals surface area contributed by atoms with E-state index < -0.39 is 0 Å². The Kier molecular flexibility index (Phi) is 4.84. The lowest BCUT2D eigenvalue weighted by Crippen LogP contribution is -1.94. The molecule has 0 aliphatic heterocycles. The van der Waals surface area contributed by atoms with Crippen molar-refractivity contribution in [1.82, 2.24) is 9.55 Å². The Morgan fingerprint density at radius 1 is 0.568 bits per heavy atom. The molecule has 2 heterocycles. The van der Waals surface area contributed by atoms with Gasteiger partial charge in [-0.05, 0) is 75.5 Å². The van der Waals surface area contributed by atoms with Crippen LogP contribution < -0.4 is 0 Å². The SMILES string of the molecule is N#Cc1cc(-c2cccc(-c3cc4c(c5ccccc35)c3ccccc3n4-c3ccccc3)c2)ccn1. The van der Waals surface area contributed by atoms with Gasteiger partial charge in [0, 0.05) is 22.7 Å². The summed E-state index contributed by atoms with van der Waals surface area (Å²) in [6.45, 7) is 0. The van der Waals surface area contributed by atoms with Crippen molar-refractivity contribution in [2.75, 3.05) is 0 Å². The molecule has 3 nitrogen and oxygen atoms in total. The van der Waals surface area contributed by atoms with Gasteiger partial charge < -0.3 is 4.57 Å². The first-order valence-electron chi connectivity index (χ1n) is 12.3. The monoisotopic (exact) mass is 471 g/mol. The van der Waals surface area contributed by atoms with E-state index in [0.29, 0.717) is 5.69 Å². The number of nitriles is 1. The van der Waals surface area contributed by atoms with Gasteiger partial charge in [-0.15, -0.1) is 0 Å². The Morgan fingerprint density at radius 2 is 1.27 bits per heavy atom. The molecule has 2 aromatic heterocycles. The van der Waals surface area contributed by atoms with Crippen LogP contribution >= 0.6 is 0 Å². The lowest BCUT2D eigenvalue weighted by Gasteiger charge is -2.13. The highest BCUT2D eigenvalue weighted by molar-refractivity contribution is 6.24. The molecular weight excluding hydrogens is 450 g/mol. The number of para-hydroxylation sites is 2. The first-order valence-corrected chi connectivity index (χ1v) is 12.3. The number of fused-ring (bicyclic) bond motifs is 5. The minimum atomic E-state index is 0.419. The Labute approximate surface area is 214 Å². The molecule has 0 amide bonds. The molecule has 0 N–H and O–H groups in total. The molecule has 3 heteroatoms. The fourth-order valence-electron chi connectivity index (χ4n) is 5.46. The van der Waals surface area contributed by atoms with Gasteiger partial charge in [0.1, 0.15) is 11.8 Å². The van der Waals surface area contributed by atoms with E-state index >= 15 is 0 Å². The molecule has 172 valence electrons. The van der Waals surface area contributed by atoms with Gasteiger partial charge in [-0.1, -0.05) is 78.9 Å². The van der Waals surface area contributed by atoms with E-state index in [1.165, 1.54) is 38.1 Å². The zero-order valence-corrected chi connectivity index (χ0v) is 20.0. The Hall–Kier alpha value is -5.20. The summed E-state index contributed by atoms with van der Waals surface area (Å²) in [5.74, 6) is 0. The van der Waals surface area contributed by atoms with Crippen LogP contribution in [0.3, 0.4) is 0 Å². The molecule has 0 unspecified atom stereocenters. The summed E-state index contributed by atoms with van der Waals surface area (Å²) in [6, 6.07) is 44.7. The van der Waals surface area contributed by atoms with E-state index in [1.807, 2.05) is 12.1 Å². The van der Waals surface area contributed by atoms with Crippen molar-refractivity contribution in [3.05, 3.63) is 133 Å². The smallest absolute Gasteiger partial charge is 0.141 e. The summed E-state index contributed by atoms with van der Waals surface area (Å²) in [5, 5.41) is 14.3. The fraction of sp³-hybridized carbons (Fsp3) is 0. The van der Waals surface area contributed by atoms with E-state index in [9.17, 15) is 5.26 Å². The van der Waals surface area contributed by atoms with Crippen molar-refractivity contribution in [2.24, 2.45) is 0 Å². The quantitative estimate of drug-likeness (QED) is 0.259. The summed E-state index contributed by atoms with van der Waals surface area (Å²) < 4.78 is 2.37. The number of hydrogen-bond acceptors (Lipinski definition) is 2. The summed E-state index contributed by atoms with van der Waals surface area (Å²) >= 11 is 0. The first-order chi connectivity index (χ1) is 18.3. The van der Waals surface area contributed by atoms with Gasteiger partial charge in [0.25, 0.3) is 0 Å². The van der Waals surface area contributed by atoms with Crippen LogP contribution in [0.2, 0.25) is 0 Å². The van der Waals surface area contributed by atoms with Crippen molar-refractivity contribution in [3.63, 3.8) is 0 Å². The van der Waals surface area contributed by atoms with Crippen LogP contribution in [0, 0.1) is 11.3 Å². The van der Waals surface area contributed by atoms with Crippen LogP contribution in [-0.4, -0.2) is 9.55 Å². The van der Waals surface area contributed by atoms with Crippen LogP contribution in [0.15, 0.2) is 128 Å². The zero-order valence-electron chi connectivity index (χ0n) is 20.0. The zero-order chi connectivity index (χ0) is 24.8. The van der Waals surface area contributed by atoms with Crippen LogP contribution in [0.25, 0.3) is 60.5 Å². The number of aromatic nitrogens is 2. The second-order valence-electron chi connectivity index (χ2n) is 9.17. The van der Waals surface area contributed by atoms with Gasteiger partial charge in [0.15, 0.2) is 0 Å². The van der Waals surface area contributed by atoms with E-state index in [0.717, 1.165) is 22.4 Å². The average molecular weight is 472 g/mol. The van der Waals surface area contributed by atoms with Crippen molar-refractivity contribution in [2.45, 2.75) is 0 Å². The van der Waals surface area contributed by atoms with Gasteiger partial charge in [-0.25, -0.2) is 4.98 Å². The third kappa shape index (κ3) is 3.39. The second kappa shape index (κ2) is 8.48. The van der Waals surface area contributed by atoms with E-state index in [1.54, 1.807) is 6.20 Å². The van der Waals surface area contributed by atoms with Crippen molar-refractivity contribution in [1.29, 1.82) is 5.26 Å². The van der Waals surface area contributed by atoms with Gasteiger partial charge in [-0.3, -0.25) is 0 Å². The summed E-state index contributed by atoms with van der Waals surface area (Å²) in [5.41, 5.74) is 8.30. The van der Waals surface area contributed by atoms with Gasteiger partial charge in [-0.2, -0.15) is 5.26 Å². The number of pyridine rings is 1. The standard InChI is InChI=1S/C34H21N3/c35-22-26-20-24(17-18-36-26)23-9-8-10-25(19-23)31-21-33-34(29-14-5-4-13-28(29)31)30-15-6-7-16-32(30)37(33)27-11-2-1-3-12-27/h1-21H.